The second-order valence-corrected chi connectivity index (χ2v) is 7.71. The largest absolute Gasteiger partial charge is 0.368 e. The van der Waals surface area contributed by atoms with Gasteiger partial charge in [-0.2, -0.15) is 0 Å². The average molecular weight is 499 g/mol. The summed E-state index contributed by atoms with van der Waals surface area (Å²) >= 11 is 1.81. The molecule has 0 saturated carbocycles. The Morgan fingerprint density at radius 2 is 1.81 bits per heavy atom. The molecule has 1 atom stereocenters. The lowest BCUT2D eigenvalue weighted by Crippen LogP contribution is -2.53. The van der Waals surface area contributed by atoms with Crippen molar-refractivity contribution in [1.29, 1.82) is 0 Å². The van der Waals surface area contributed by atoms with Gasteiger partial charge in [-0.3, -0.25) is 4.99 Å². The van der Waals surface area contributed by atoms with Gasteiger partial charge in [-0.1, -0.05) is 24.3 Å². The number of rotatable bonds is 5. The zero-order valence-corrected chi connectivity index (χ0v) is 19.5. The summed E-state index contributed by atoms with van der Waals surface area (Å²) in [5.41, 5.74) is 1.31. The molecule has 0 radical (unpaired) electrons. The molecule has 1 aromatic carbocycles. The minimum absolute atomic E-state index is 0. The number of piperazine rings is 1. The average Bonchev–Trinajstić information content (AvgIpc) is 3.20. The maximum atomic E-state index is 4.52. The van der Waals surface area contributed by atoms with E-state index in [1.807, 2.05) is 18.4 Å². The van der Waals surface area contributed by atoms with E-state index in [1.165, 1.54) is 10.6 Å². The molecule has 1 aromatic heterocycles. The summed E-state index contributed by atoms with van der Waals surface area (Å²) in [5, 5.41) is 5.73. The fourth-order valence-corrected chi connectivity index (χ4v) is 4.28. The summed E-state index contributed by atoms with van der Waals surface area (Å²) < 4.78 is 0. The van der Waals surface area contributed by atoms with Gasteiger partial charge in [0.2, 0.25) is 0 Å². The monoisotopic (exact) mass is 499 g/mol. The minimum Gasteiger partial charge on any atom is -0.368 e. The second kappa shape index (κ2) is 10.9. The van der Waals surface area contributed by atoms with Crippen molar-refractivity contribution < 1.29 is 0 Å². The number of anilines is 1. The van der Waals surface area contributed by atoms with Crippen LogP contribution in [0, 0.1) is 0 Å². The lowest BCUT2D eigenvalue weighted by molar-refractivity contribution is 0.296. The van der Waals surface area contributed by atoms with Gasteiger partial charge in [-0.15, -0.1) is 35.3 Å². The van der Waals surface area contributed by atoms with E-state index in [-0.39, 0.29) is 24.0 Å². The number of nitrogens with zero attached hydrogens (tertiary/aromatic N) is 4. The number of hydrogen-bond donors (Lipinski definition) is 1. The first-order valence-electron chi connectivity index (χ1n) is 9.14. The maximum absolute atomic E-state index is 4.52. The van der Waals surface area contributed by atoms with Gasteiger partial charge >= 0.3 is 0 Å². The summed E-state index contributed by atoms with van der Waals surface area (Å²) in [6, 6.07) is 15.3. The number of nitrogens with one attached hydrogen (secondary N) is 1. The topological polar surface area (TPSA) is 34.1 Å². The van der Waals surface area contributed by atoms with Gasteiger partial charge in [0.25, 0.3) is 0 Å². The summed E-state index contributed by atoms with van der Waals surface area (Å²) in [6.45, 7) is 4.87. The molecule has 148 valence electrons. The molecule has 1 saturated heterocycles. The first-order chi connectivity index (χ1) is 12.7. The predicted octanol–water partition coefficient (Wildman–Crippen LogP) is 3.37. The van der Waals surface area contributed by atoms with E-state index in [0.717, 1.165) is 38.7 Å². The van der Waals surface area contributed by atoms with Gasteiger partial charge in [-0.25, -0.2) is 0 Å². The van der Waals surface area contributed by atoms with Crippen LogP contribution in [0.25, 0.3) is 0 Å². The Hall–Kier alpha value is -1.32. The number of para-hydroxylation sites is 1. The van der Waals surface area contributed by atoms with Gasteiger partial charge in [0.15, 0.2) is 5.96 Å². The Labute approximate surface area is 184 Å². The number of guanidine groups is 1. The second-order valence-electron chi connectivity index (χ2n) is 6.73. The van der Waals surface area contributed by atoms with Crippen LogP contribution >= 0.6 is 35.3 Å². The van der Waals surface area contributed by atoms with E-state index in [9.17, 15) is 0 Å². The minimum atomic E-state index is 0. The SMILES string of the molecule is CN=C(NCC(c1cccs1)N(C)C)N1CCN(c2ccccc2)CC1.I. The first kappa shape index (κ1) is 22.0. The Balaban J connectivity index is 0.00000261. The molecule has 1 fully saturated rings. The summed E-state index contributed by atoms with van der Waals surface area (Å²) in [5.74, 6) is 1.00. The van der Waals surface area contributed by atoms with E-state index in [0.29, 0.717) is 6.04 Å². The van der Waals surface area contributed by atoms with Crippen molar-refractivity contribution in [3.63, 3.8) is 0 Å². The highest BCUT2D eigenvalue weighted by Crippen LogP contribution is 2.22. The van der Waals surface area contributed by atoms with Crippen molar-refractivity contribution in [3.8, 4) is 0 Å². The molecule has 2 aromatic rings. The molecule has 1 N–H and O–H groups in total. The van der Waals surface area contributed by atoms with Crippen LogP contribution in [0.1, 0.15) is 10.9 Å². The molecule has 3 rings (SSSR count). The molecule has 2 heterocycles. The van der Waals surface area contributed by atoms with Crippen LogP contribution in [0.15, 0.2) is 52.8 Å². The van der Waals surface area contributed by atoms with Crippen LogP contribution in [-0.4, -0.2) is 69.6 Å². The van der Waals surface area contributed by atoms with E-state index in [1.54, 1.807) is 0 Å². The van der Waals surface area contributed by atoms with Crippen LogP contribution < -0.4 is 10.2 Å². The van der Waals surface area contributed by atoms with Gasteiger partial charge < -0.3 is 20.0 Å². The molecule has 0 aliphatic carbocycles. The molecule has 1 aliphatic heterocycles. The normalized spacial score (nSPS) is 16.2. The van der Waals surface area contributed by atoms with E-state index in [4.69, 9.17) is 0 Å². The lowest BCUT2D eigenvalue weighted by atomic mass is 10.2. The Bertz CT molecular complexity index is 682. The van der Waals surface area contributed by atoms with E-state index < -0.39 is 0 Å². The zero-order chi connectivity index (χ0) is 18.4. The highest BCUT2D eigenvalue weighted by atomic mass is 127. The fraction of sp³-hybridized carbons (Fsp3) is 0.450. The molecular formula is C20H30IN5S. The number of likely N-dealkylation sites (N-methyl/N-ethyl adjacent to an activating group) is 1. The number of benzene rings is 1. The van der Waals surface area contributed by atoms with Crippen molar-refractivity contribution in [2.24, 2.45) is 4.99 Å². The standard InChI is InChI=1S/C20H29N5S.HI/c1-21-20(22-16-18(23(2)3)19-10-7-15-26-19)25-13-11-24(12-14-25)17-8-5-4-6-9-17;/h4-10,15,18H,11-14,16H2,1-3H3,(H,21,22);1H. The molecule has 27 heavy (non-hydrogen) atoms. The van der Waals surface area contributed by atoms with Crippen molar-refractivity contribution >= 4 is 47.0 Å². The third-order valence-corrected chi connectivity index (χ3v) is 5.83. The Morgan fingerprint density at radius 1 is 1.11 bits per heavy atom. The molecule has 0 spiro atoms. The van der Waals surface area contributed by atoms with Gasteiger partial charge in [0.05, 0.1) is 6.04 Å². The third-order valence-electron chi connectivity index (χ3n) is 4.86. The van der Waals surface area contributed by atoms with Crippen LogP contribution in [-0.2, 0) is 0 Å². The van der Waals surface area contributed by atoms with Crippen LogP contribution in [0.3, 0.4) is 0 Å². The van der Waals surface area contributed by atoms with E-state index in [2.05, 4.69) is 86.9 Å². The van der Waals surface area contributed by atoms with Gasteiger partial charge in [0.1, 0.15) is 0 Å². The number of aliphatic imine (C=N–C) groups is 1. The molecule has 1 unspecified atom stereocenters. The lowest BCUT2D eigenvalue weighted by Gasteiger charge is -2.38. The van der Waals surface area contributed by atoms with E-state index >= 15 is 0 Å². The van der Waals surface area contributed by atoms with Crippen LogP contribution in [0.2, 0.25) is 0 Å². The predicted molar refractivity (Wildman–Crippen MR) is 128 cm³/mol. The molecule has 0 amide bonds. The molecule has 7 heteroatoms. The van der Waals surface area contributed by atoms with Crippen molar-refractivity contribution in [2.75, 3.05) is 58.8 Å². The number of thiophene rings is 1. The third kappa shape index (κ3) is 5.83. The van der Waals surface area contributed by atoms with Crippen molar-refractivity contribution in [3.05, 3.63) is 52.7 Å². The Kier molecular flexibility index (Phi) is 8.85. The quantitative estimate of drug-likeness (QED) is 0.389. The Morgan fingerprint density at radius 3 is 2.37 bits per heavy atom. The zero-order valence-electron chi connectivity index (χ0n) is 16.3. The molecule has 0 bridgehead atoms. The summed E-state index contributed by atoms with van der Waals surface area (Å²) in [7, 11) is 6.14. The smallest absolute Gasteiger partial charge is 0.193 e. The van der Waals surface area contributed by atoms with Gasteiger partial charge in [-0.05, 0) is 37.7 Å². The number of hydrogen-bond acceptors (Lipinski definition) is 4. The highest BCUT2D eigenvalue weighted by Gasteiger charge is 2.21. The summed E-state index contributed by atoms with van der Waals surface area (Å²) in [4.78, 5) is 13.0. The maximum Gasteiger partial charge on any atom is 0.193 e. The van der Waals surface area contributed by atoms with Crippen LogP contribution in [0.4, 0.5) is 5.69 Å². The highest BCUT2D eigenvalue weighted by molar-refractivity contribution is 14.0. The van der Waals surface area contributed by atoms with Crippen molar-refractivity contribution in [2.45, 2.75) is 6.04 Å². The fourth-order valence-electron chi connectivity index (χ4n) is 3.35. The van der Waals surface area contributed by atoms with Gasteiger partial charge in [0, 0.05) is 50.3 Å². The molecular weight excluding hydrogens is 469 g/mol. The van der Waals surface area contributed by atoms with Crippen molar-refractivity contribution in [1.82, 2.24) is 15.1 Å². The summed E-state index contributed by atoms with van der Waals surface area (Å²) in [6.07, 6.45) is 0. The first-order valence-corrected chi connectivity index (χ1v) is 10.0. The molecule has 5 nitrogen and oxygen atoms in total. The molecule has 1 aliphatic rings. The number of halogens is 1. The van der Waals surface area contributed by atoms with Crippen LogP contribution in [0.5, 0.6) is 0 Å².